The van der Waals surface area contributed by atoms with Gasteiger partial charge in [-0.25, -0.2) is 4.21 Å². The molecule has 8 nitrogen and oxygen atoms in total. The third-order valence-corrected chi connectivity index (χ3v) is 5.81. The molecule has 3 aromatic rings. The van der Waals surface area contributed by atoms with E-state index in [4.69, 9.17) is 39.1 Å². The minimum Gasteiger partial charge on any atom is -0.486 e. The second kappa shape index (κ2) is 10.4. The molecule has 0 saturated carbocycles. The summed E-state index contributed by atoms with van der Waals surface area (Å²) in [6, 6.07) is 11.2. The van der Waals surface area contributed by atoms with Crippen LogP contribution in [0.5, 0.6) is 5.75 Å². The summed E-state index contributed by atoms with van der Waals surface area (Å²) in [6.45, 7) is 1.77. The Morgan fingerprint density at radius 2 is 1.85 bits per heavy atom. The average molecular weight is 520 g/mol. The molecule has 0 aliphatic carbocycles. The number of nitrogen functional groups attached to an aromatic ring is 1. The van der Waals surface area contributed by atoms with Crippen LogP contribution in [0.1, 0.15) is 24.2 Å². The third kappa shape index (κ3) is 6.47. The van der Waals surface area contributed by atoms with Gasteiger partial charge in [0.05, 0.1) is 15.7 Å². The van der Waals surface area contributed by atoms with Gasteiger partial charge in [0.2, 0.25) is 0 Å². The number of benzene rings is 2. The predicted octanol–water partition coefficient (Wildman–Crippen LogP) is 5.48. The molecule has 0 fully saturated rings. The fraction of sp³-hybridized carbons (Fsp3) is 0.174. The highest BCUT2D eigenvalue weighted by Gasteiger charge is 2.19. The molecule has 0 radical (unpaired) electrons. The van der Waals surface area contributed by atoms with Gasteiger partial charge in [-0.15, -0.1) is 0 Å². The SMILES string of the molecule is CC(Oc1ccc(N)c(C(=N)C(=O)Nc2cccc(N=S(C)(C)=O)c2)c1)c1c(Cl)cncc1Cl. The second-order valence-corrected chi connectivity index (χ2v) is 11.0. The number of nitrogens with two attached hydrogens (primary N) is 1. The van der Waals surface area contributed by atoms with Crippen molar-refractivity contribution in [1.29, 1.82) is 5.41 Å². The molecule has 4 N–H and O–H groups in total. The van der Waals surface area contributed by atoms with Crippen molar-refractivity contribution in [1.82, 2.24) is 4.98 Å². The van der Waals surface area contributed by atoms with Crippen LogP contribution in [-0.2, 0) is 14.5 Å². The van der Waals surface area contributed by atoms with E-state index in [-0.39, 0.29) is 17.0 Å². The van der Waals surface area contributed by atoms with Gasteiger partial charge < -0.3 is 15.8 Å². The van der Waals surface area contributed by atoms with Crippen molar-refractivity contribution < 1.29 is 13.7 Å². The molecule has 0 bridgehead atoms. The average Bonchev–Trinajstić information content (AvgIpc) is 2.73. The van der Waals surface area contributed by atoms with Crippen LogP contribution in [0.25, 0.3) is 0 Å². The van der Waals surface area contributed by atoms with Crippen molar-refractivity contribution in [3.8, 4) is 5.75 Å². The lowest BCUT2D eigenvalue weighted by Crippen LogP contribution is -2.24. The molecular weight excluding hydrogens is 497 g/mol. The second-order valence-electron chi connectivity index (χ2n) is 7.68. The number of ether oxygens (including phenoxy) is 1. The fourth-order valence-corrected chi connectivity index (χ4v) is 4.40. The molecule has 1 atom stereocenters. The number of halogens is 2. The third-order valence-electron chi connectivity index (χ3n) is 4.56. The number of carbonyl (C=O) groups is 1. The molecule has 1 unspecified atom stereocenters. The Labute approximate surface area is 208 Å². The summed E-state index contributed by atoms with van der Waals surface area (Å²) in [5.74, 6) is -0.303. The lowest BCUT2D eigenvalue weighted by atomic mass is 10.1. The first-order chi connectivity index (χ1) is 15.9. The maximum atomic E-state index is 12.7. The maximum Gasteiger partial charge on any atom is 0.274 e. The number of nitrogens with one attached hydrogen (secondary N) is 2. The molecule has 34 heavy (non-hydrogen) atoms. The molecule has 3 rings (SSSR count). The van der Waals surface area contributed by atoms with Crippen molar-refractivity contribution in [2.45, 2.75) is 13.0 Å². The Morgan fingerprint density at radius 3 is 2.50 bits per heavy atom. The van der Waals surface area contributed by atoms with Crippen LogP contribution >= 0.6 is 23.2 Å². The summed E-state index contributed by atoms with van der Waals surface area (Å²) in [4.78, 5) is 16.7. The van der Waals surface area contributed by atoms with E-state index in [1.165, 1.54) is 31.0 Å². The van der Waals surface area contributed by atoms with Crippen LogP contribution in [0.15, 0.2) is 59.2 Å². The highest BCUT2D eigenvalue weighted by molar-refractivity contribution is 7.92. The number of anilines is 2. The van der Waals surface area contributed by atoms with Gasteiger partial charge in [0.15, 0.2) is 0 Å². The van der Waals surface area contributed by atoms with Gasteiger partial charge >= 0.3 is 0 Å². The molecule has 0 saturated heterocycles. The summed E-state index contributed by atoms with van der Waals surface area (Å²) in [5, 5.41) is 11.7. The molecule has 0 aliphatic rings. The van der Waals surface area contributed by atoms with E-state index in [0.717, 1.165) is 0 Å². The topological polar surface area (TPSA) is 131 Å². The van der Waals surface area contributed by atoms with E-state index in [2.05, 4.69) is 14.7 Å². The largest absolute Gasteiger partial charge is 0.486 e. The number of aromatic nitrogens is 1. The predicted molar refractivity (Wildman–Crippen MR) is 138 cm³/mol. The van der Waals surface area contributed by atoms with Crippen molar-refractivity contribution in [3.05, 3.63) is 76.0 Å². The Balaban J connectivity index is 1.80. The molecule has 0 spiro atoms. The van der Waals surface area contributed by atoms with E-state index in [0.29, 0.717) is 32.7 Å². The van der Waals surface area contributed by atoms with Crippen LogP contribution in [0.2, 0.25) is 10.0 Å². The van der Waals surface area contributed by atoms with Crippen molar-refractivity contribution >= 4 is 61.6 Å². The quantitative estimate of drug-likeness (QED) is 0.281. The molecule has 2 aromatic carbocycles. The first-order valence-electron chi connectivity index (χ1n) is 9.97. The summed E-state index contributed by atoms with van der Waals surface area (Å²) in [7, 11) is -2.36. The lowest BCUT2D eigenvalue weighted by Gasteiger charge is -2.18. The highest BCUT2D eigenvalue weighted by Crippen LogP contribution is 2.33. The van der Waals surface area contributed by atoms with E-state index < -0.39 is 21.7 Å². The Morgan fingerprint density at radius 1 is 1.18 bits per heavy atom. The van der Waals surface area contributed by atoms with Crippen molar-refractivity contribution in [2.24, 2.45) is 4.36 Å². The van der Waals surface area contributed by atoms with Gasteiger partial charge in [-0.05, 0) is 43.3 Å². The molecule has 0 aliphatic heterocycles. The summed E-state index contributed by atoms with van der Waals surface area (Å²) < 4.78 is 22.0. The normalized spacial score (nSPS) is 12.0. The monoisotopic (exact) mass is 519 g/mol. The van der Waals surface area contributed by atoms with E-state index >= 15 is 0 Å². The van der Waals surface area contributed by atoms with Gasteiger partial charge in [0.1, 0.15) is 17.6 Å². The molecule has 1 amide bonds. The highest BCUT2D eigenvalue weighted by atomic mass is 35.5. The standard InChI is InChI=1S/C23H23Cl2N5O3S/c1-13(21-18(24)11-28-12-19(21)25)33-16-7-8-20(26)17(10-16)22(27)23(31)29-14-5-4-6-15(9-14)30-34(2,3)32/h4-13,27H,26H2,1-3H3,(H,29,31). The summed E-state index contributed by atoms with van der Waals surface area (Å²) >= 11 is 12.4. The number of hydrogen-bond acceptors (Lipinski definition) is 7. The first kappa shape index (κ1) is 25.5. The van der Waals surface area contributed by atoms with Crippen LogP contribution in [0.4, 0.5) is 17.1 Å². The van der Waals surface area contributed by atoms with E-state index in [1.807, 2.05) is 0 Å². The van der Waals surface area contributed by atoms with Crippen LogP contribution < -0.4 is 15.8 Å². The summed E-state index contributed by atoms with van der Waals surface area (Å²) in [6.07, 6.45) is 5.45. The number of carbonyl (C=O) groups excluding carboxylic acids is 1. The Bertz CT molecular complexity index is 1360. The van der Waals surface area contributed by atoms with Crippen molar-refractivity contribution in [3.63, 3.8) is 0 Å². The number of nitrogens with zero attached hydrogens (tertiary/aromatic N) is 2. The maximum absolute atomic E-state index is 12.7. The Hall–Kier alpha value is -3.14. The van der Waals surface area contributed by atoms with Crippen LogP contribution in [-0.4, -0.2) is 33.3 Å². The smallest absolute Gasteiger partial charge is 0.274 e. The fourth-order valence-electron chi connectivity index (χ4n) is 3.11. The zero-order valence-corrected chi connectivity index (χ0v) is 21.0. The van der Waals surface area contributed by atoms with Gasteiger partial charge in [-0.2, -0.15) is 4.36 Å². The minimum absolute atomic E-state index is 0.195. The summed E-state index contributed by atoms with van der Waals surface area (Å²) in [5.41, 5.74) is 7.54. The van der Waals surface area contributed by atoms with Gasteiger partial charge in [0, 0.05) is 57.1 Å². The molecule has 178 valence electrons. The minimum atomic E-state index is -2.36. The van der Waals surface area contributed by atoms with E-state index in [9.17, 15) is 9.00 Å². The molecule has 11 heteroatoms. The van der Waals surface area contributed by atoms with E-state index in [1.54, 1.807) is 43.3 Å². The first-order valence-corrected chi connectivity index (χ1v) is 13.1. The molecule has 1 heterocycles. The van der Waals surface area contributed by atoms with Crippen molar-refractivity contribution in [2.75, 3.05) is 23.6 Å². The number of hydrogen-bond donors (Lipinski definition) is 3. The zero-order chi connectivity index (χ0) is 25.0. The zero-order valence-electron chi connectivity index (χ0n) is 18.6. The molecule has 1 aromatic heterocycles. The molecular formula is C23H23Cl2N5O3S. The van der Waals surface area contributed by atoms with Gasteiger partial charge in [-0.1, -0.05) is 29.3 Å². The Kier molecular flexibility index (Phi) is 7.81. The van der Waals surface area contributed by atoms with Gasteiger partial charge in [-0.3, -0.25) is 15.2 Å². The van der Waals surface area contributed by atoms with Gasteiger partial charge in [0.25, 0.3) is 5.91 Å². The van der Waals surface area contributed by atoms with Crippen LogP contribution in [0.3, 0.4) is 0 Å². The van der Waals surface area contributed by atoms with Crippen LogP contribution in [0, 0.1) is 5.41 Å². The number of pyridine rings is 1. The number of amides is 1. The number of rotatable bonds is 7. The lowest BCUT2D eigenvalue weighted by molar-refractivity contribution is -0.110.